The molecule has 3 aromatic rings. The Morgan fingerprint density at radius 3 is 2.43 bits per heavy atom. The number of fused-ring (bicyclic) bond motifs is 3. The Bertz CT molecular complexity index is 929. The molecule has 0 aliphatic heterocycles. The van der Waals surface area contributed by atoms with Crippen LogP contribution in [0.5, 0.6) is 11.5 Å². The lowest BCUT2D eigenvalue weighted by atomic mass is 10.0. The SMILES string of the molecule is Oc1ccccc1C=Nc1cc2c(cc1O)-c1ccccc1C2. The number of hydrogen-bond donors (Lipinski definition) is 2. The van der Waals surface area contributed by atoms with E-state index in [1.165, 1.54) is 11.1 Å². The van der Waals surface area contributed by atoms with E-state index in [9.17, 15) is 10.2 Å². The quantitative estimate of drug-likeness (QED) is 0.538. The van der Waals surface area contributed by atoms with Crippen LogP contribution in [-0.4, -0.2) is 16.4 Å². The first kappa shape index (κ1) is 13.6. The first-order chi connectivity index (χ1) is 11.2. The van der Waals surface area contributed by atoms with Gasteiger partial charge in [0.25, 0.3) is 0 Å². The summed E-state index contributed by atoms with van der Waals surface area (Å²) in [5, 5.41) is 20.0. The fourth-order valence-corrected chi connectivity index (χ4v) is 3.00. The van der Waals surface area contributed by atoms with Crippen molar-refractivity contribution in [3.8, 4) is 22.6 Å². The Balaban J connectivity index is 1.73. The molecule has 0 amide bonds. The lowest BCUT2D eigenvalue weighted by Gasteiger charge is -2.05. The number of phenols is 2. The summed E-state index contributed by atoms with van der Waals surface area (Å²) in [6.45, 7) is 0. The summed E-state index contributed by atoms with van der Waals surface area (Å²) in [5.74, 6) is 0.316. The van der Waals surface area contributed by atoms with Crippen molar-refractivity contribution in [2.75, 3.05) is 0 Å². The Morgan fingerprint density at radius 1 is 0.783 bits per heavy atom. The van der Waals surface area contributed by atoms with E-state index in [0.29, 0.717) is 11.3 Å². The fourth-order valence-electron chi connectivity index (χ4n) is 3.00. The van der Waals surface area contributed by atoms with Crippen molar-refractivity contribution in [3.63, 3.8) is 0 Å². The van der Waals surface area contributed by atoms with Crippen molar-refractivity contribution in [2.45, 2.75) is 6.42 Å². The van der Waals surface area contributed by atoms with Gasteiger partial charge in [0, 0.05) is 11.8 Å². The van der Waals surface area contributed by atoms with Crippen molar-refractivity contribution >= 4 is 11.9 Å². The van der Waals surface area contributed by atoms with Crippen LogP contribution >= 0.6 is 0 Å². The van der Waals surface area contributed by atoms with Gasteiger partial charge in [0.2, 0.25) is 0 Å². The monoisotopic (exact) mass is 301 g/mol. The Labute approximate surface area is 134 Å². The predicted octanol–water partition coefficient (Wildman–Crippen LogP) is 4.42. The minimum absolute atomic E-state index is 0.145. The van der Waals surface area contributed by atoms with Crippen molar-refractivity contribution in [3.05, 3.63) is 77.4 Å². The zero-order chi connectivity index (χ0) is 15.8. The van der Waals surface area contributed by atoms with Crippen LogP contribution in [-0.2, 0) is 6.42 Å². The zero-order valence-electron chi connectivity index (χ0n) is 12.4. The molecule has 0 aromatic heterocycles. The van der Waals surface area contributed by atoms with E-state index >= 15 is 0 Å². The number of rotatable bonds is 2. The van der Waals surface area contributed by atoms with Gasteiger partial charge in [-0.2, -0.15) is 0 Å². The standard InChI is InChI=1S/C20H15NO2/c22-19-8-4-2-6-14(19)12-21-18-10-15-9-13-5-1-3-7-16(13)17(15)11-20(18)23/h1-8,10-12,22-23H,9H2. The summed E-state index contributed by atoms with van der Waals surface area (Å²) < 4.78 is 0. The summed E-state index contributed by atoms with van der Waals surface area (Å²) in [6.07, 6.45) is 2.42. The van der Waals surface area contributed by atoms with Gasteiger partial charge >= 0.3 is 0 Å². The van der Waals surface area contributed by atoms with Gasteiger partial charge in [-0.1, -0.05) is 36.4 Å². The molecule has 0 spiro atoms. The minimum atomic E-state index is 0.145. The van der Waals surface area contributed by atoms with Gasteiger partial charge in [0.05, 0.1) is 0 Å². The largest absolute Gasteiger partial charge is 0.507 e. The van der Waals surface area contributed by atoms with Crippen molar-refractivity contribution in [1.82, 2.24) is 0 Å². The topological polar surface area (TPSA) is 52.8 Å². The third-order valence-electron chi connectivity index (χ3n) is 4.17. The van der Waals surface area contributed by atoms with E-state index < -0.39 is 0 Å². The molecule has 4 rings (SSSR count). The second kappa shape index (κ2) is 5.29. The predicted molar refractivity (Wildman–Crippen MR) is 91.7 cm³/mol. The molecular weight excluding hydrogens is 286 g/mol. The highest BCUT2D eigenvalue weighted by Gasteiger charge is 2.19. The summed E-state index contributed by atoms with van der Waals surface area (Å²) in [5.41, 5.74) is 5.81. The number of benzene rings is 3. The van der Waals surface area contributed by atoms with Gasteiger partial charge in [-0.15, -0.1) is 0 Å². The molecular formula is C20H15NO2. The number of para-hydroxylation sites is 1. The molecule has 0 bridgehead atoms. The highest BCUT2D eigenvalue weighted by Crippen LogP contribution is 2.42. The third kappa shape index (κ3) is 2.36. The maximum Gasteiger partial charge on any atom is 0.141 e. The van der Waals surface area contributed by atoms with E-state index in [1.54, 1.807) is 30.5 Å². The molecule has 2 N–H and O–H groups in total. The molecule has 0 atom stereocenters. The number of aliphatic imine (C=N–C) groups is 1. The molecule has 23 heavy (non-hydrogen) atoms. The van der Waals surface area contributed by atoms with Gasteiger partial charge in [0.15, 0.2) is 0 Å². The van der Waals surface area contributed by atoms with E-state index in [1.807, 2.05) is 24.3 Å². The summed E-state index contributed by atoms with van der Waals surface area (Å²) in [7, 11) is 0. The molecule has 1 aliphatic rings. The summed E-state index contributed by atoms with van der Waals surface area (Å²) >= 11 is 0. The second-order valence-electron chi connectivity index (χ2n) is 5.65. The van der Waals surface area contributed by atoms with Crippen molar-refractivity contribution < 1.29 is 10.2 Å². The van der Waals surface area contributed by atoms with Gasteiger partial charge in [-0.25, -0.2) is 0 Å². The second-order valence-corrected chi connectivity index (χ2v) is 5.65. The number of hydrogen-bond acceptors (Lipinski definition) is 3. The van der Waals surface area contributed by atoms with Crippen LogP contribution in [0, 0.1) is 0 Å². The van der Waals surface area contributed by atoms with Gasteiger partial charge in [0.1, 0.15) is 17.2 Å². The molecule has 0 unspecified atom stereocenters. The first-order valence-electron chi connectivity index (χ1n) is 7.48. The smallest absolute Gasteiger partial charge is 0.141 e. The van der Waals surface area contributed by atoms with E-state index in [4.69, 9.17) is 0 Å². The van der Waals surface area contributed by atoms with Gasteiger partial charge < -0.3 is 10.2 Å². The molecule has 3 heteroatoms. The van der Waals surface area contributed by atoms with Crippen LogP contribution in [0.4, 0.5) is 5.69 Å². The normalized spacial score (nSPS) is 12.3. The van der Waals surface area contributed by atoms with E-state index in [2.05, 4.69) is 17.1 Å². The van der Waals surface area contributed by atoms with E-state index in [0.717, 1.165) is 17.5 Å². The highest BCUT2D eigenvalue weighted by atomic mass is 16.3. The lowest BCUT2D eigenvalue weighted by molar-refractivity contribution is 0.474. The molecule has 0 saturated heterocycles. The first-order valence-corrected chi connectivity index (χ1v) is 7.48. The molecule has 3 nitrogen and oxygen atoms in total. The Kier molecular flexibility index (Phi) is 3.12. The van der Waals surface area contributed by atoms with Crippen LogP contribution < -0.4 is 0 Å². The Hall–Kier alpha value is -3.07. The molecule has 0 radical (unpaired) electrons. The van der Waals surface area contributed by atoms with E-state index in [-0.39, 0.29) is 11.5 Å². The number of aromatic hydroxyl groups is 2. The summed E-state index contributed by atoms with van der Waals surface area (Å²) in [4.78, 5) is 4.34. The molecule has 112 valence electrons. The maximum atomic E-state index is 10.3. The summed E-state index contributed by atoms with van der Waals surface area (Å²) in [6, 6.07) is 18.9. The average molecular weight is 301 g/mol. The maximum absolute atomic E-state index is 10.3. The Morgan fingerprint density at radius 2 is 1.57 bits per heavy atom. The van der Waals surface area contributed by atoms with Crippen molar-refractivity contribution in [2.24, 2.45) is 4.99 Å². The molecule has 0 saturated carbocycles. The lowest BCUT2D eigenvalue weighted by Crippen LogP contribution is -1.83. The van der Waals surface area contributed by atoms with Crippen LogP contribution in [0.2, 0.25) is 0 Å². The van der Waals surface area contributed by atoms with Gasteiger partial charge in [-0.3, -0.25) is 4.99 Å². The average Bonchev–Trinajstić information content (AvgIpc) is 2.91. The minimum Gasteiger partial charge on any atom is -0.507 e. The van der Waals surface area contributed by atoms with Crippen molar-refractivity contribution in [1.29, 1.82) is 0 Å². The fraction of sp³-hybridized carbons (Fsp3) is 0.0500. The van der Waals surface area contributed by atoms with Crippen LogP contribution in [0.1, 0.15) is 16.7 Å². The molecule has 3 aromatic carbocycles. The number of nitrogens with zero attached hydrogens (tertiary/aromatic N) is 1. The molecule has 0 heterocycles. The number of phenolic OH excluding ortho intramolecular Hbond substituents is 2. The molecule has 1 aliphatic carbocycles. The zero-order valence-corrected chi connectivity index (χ0v) is 12.4. The van der Waals surface area contributed by atoms with Gasteiger partial charge in [-0.05, 0) is 52.9 Å². The van der Waals surface area contributed by atoms with Crippen LogP contribution in [0.3, 0.4) is 0 Å². The van der Waals surface area contributed by atoms with Crippen LogP contribution in [0.25, 0.3) is 11.1 Å². The highest BCUT2D eigenvalue weighted by molar-refractivity contribution is 5.87. The third-order valence-corrected chi connectivity index (χ3v) is 4.17. The molecule has 0 fully saturated rings. The van der Waals surface area contributed by atoms with Crippen LogP contribution in [0.15, 0.2) is 65.7 Å².